The van der Waals surface area contributed by atoms with Gasteiger partial charge >= 0.3 is 0 Å². The Morgan fingerprint density at radius 2 is 2.17 bits per heavy atom. The first-order valence-corrected chi connectivity index (χ1v) is 5.77. The van der Waals surface area contributed by atoms with Crippen molar-refractivity contribution < 1.29 is 9.47 Å². The molecule has 0 saturated carbocycles. The molecule has 6 heteroatoms. The van der Waals surface area contributed by atoms with E-state index in [0.29, 0.717) is 21.5 Å². The van der Waals surface area contributed by atoms with Crippen molar-refractivity contribution in [3.63, 3.8) is 0 Å². The lowest BCUT2D eigenvalue weighted by Gasteiger charge is -2.08. The fraction of sp³-hybridized carbons (Fsp3) is 0.0833. The van der Waals surface area contributed by atoms with Crippen LogP contribution >= 0.6 is 15.9 Å². The zero-order valence-corrected chi connectivity index (χ0v) is 11.0. The quantitative estimate of drug-likeness (QED) is 0.872. The van der Waals surface area contributed by atoms with Crippen LogP contribution in [0, 0.1) is 11.3 Å². The number of nitriles is 1. The first-order chi connectivity index (χ1) is 8.74. The first kappa shape index (κ1) is 12.3. The molecule has 1 aromatic carbocycles. The molecule has 0 amide bonds. The second-order valence-electron chi connectivity index (χ2n) is 3.26. The highest BCUT2D eigenvalue weighted by atomic mass is 79.9. The van der Waals surface area contributed by atoms with Crippen LogP contribution in [0.4, 0.5) is 0 Å². The molecule has 5 nitrogen and oxygen atoms in total. The number of hydrogen-bond donors (Lipinski definition) is 0. The molecule has 1 heterocycles. The number of benzene rings is 1. The van der Waals surface area contributed by atoms with E-state index in [9.17, 15) is 0 Å². The van der Waals surface area contributed by atoms with Crippen LogP contribution in [-0.4, -0.2) is 17.3 Å². The zero-order valence-electron chi connectivity index (χ0n) is 9.42. The average molecular weight is 306 g/mol. The van der Waals surface area contributed by atoms with Crippen LogP contribution in [-0.2, 0) is 0 Å². The number of hydrogen-bond acceptors (Lipinski definition) is 5. The minimum Gasteiger partial charge on any atom is -0.497 e. The van der Waals surface area contributed by atoms with Gasteiger partial charge in [-0.05, 0) is 40.2 Å². The Morgan fingerprint density at radius 1 is 1.33 bits per heavy atom. The SMILES string of the molecule is COc1ccc(Oc2nnccc2C#N)c(Br)c1. The third-order valence-electron chi connectivity index (χ3n) is 2.15. The molecule has 0 saturated heterocycles. The summed E-state index contributed by atoms with van der Waals surface area (Å²) >= 11 is 3.36. The first-order valence-electron chi connectivity index (χ1n) is 4.98. The predicted octanol–water partition coefficient (Wildman–Crippen LogP) is 2.91. The number of aromatic nitrogens is 2. The van der Waals surface area contributed by atoms with Gasteiger partial charge in [0.25, 0.3) is 5.88 Å². The van der Waals surface area contributed by atoms with Crippen LogP contribution in [0.25, 0.3) is 0 Å². The van der Waals surface area contributed by atoms with Crippen molar-refractivity contribution >= 4 is 15.9 Å². The summed E-state index contributed by atoms with van der Waals surface area (Å²) in [6.45, 7) is 0. The second kappa shape index (κ2) is 5.47. The van der Waals surface area contributed by atoms with E-state index in [1.807, 2.05) is 6.07 Å². The Kier molecular flexibility index (Phi) is 3.75. The second-order valence-corrected chi connectivity index (χ2v) is 4.11. The van der Waals surface area contributed by atoms with Gasteiger partial charge in [0.2, 0.25) is 0 Å². The van der Waals surface area contributed by atoms with Crippen molar-refractivity contribution in [1.82, 2.24) is 10.2 Å². The Labute approximate surface area is 112 Å². The van der Waals surface area contributed by atoms with E-state index in [1.54, 1.807) is 31.4 Å². The molecule has 0 aliphatic heterocycles. The highest BCUT2D eigenvalue weighted by Gasteiger charge is 2.09. The normalized spacial score (nSPS) is 9.61. The molecule has 0 unspecified atom stereocenters. The molecule has 2 rings (SSSR count). The monoisotopic (exact) mass is 305 g/mol. The van der Waals surface area contributed by atoms with Gasteiger partial charge in [-0.1, -0.05) is 0 Å². The molecule has 0 radical (unpaired) electrons. The summed E-state index contributed by atoms with van der Waals surface area (Å²) < 4.78 is 11.3. The highest BCUT2D eigenvalue weighted by molar-refractivity contribution is 9.10. The van der Waals surface area contributed by atoms with Gasteiger partial charge in [0.05, 0.1) is 17.8 Å². The maximum absolute atomic E-state index is 8.92. The van der Waals surface area contributed by atoms with E-state index in [1.165, 1.54) is 6.20 Å². The molecule has 90 valence electrons. The van der Waals surface area contributed by atoms with Gasteiger partial charge in [0, 0.05) is 0 Å². The Balaban J connectivity index is 2.32. The molecule has 0 atom stereocenters. The summed E-state index contributed by atoms with van der Waals surface area (Å²) in [5, 5.41) is 16.4. The molecule has 0 N–H and O–H groups in total. The van der Waals surface area contributed by atoms with Crippen LogP contribution in [0.1, 0.15) is 5.56 Å². The molecule has 18 heavy (non-hydrogen) atoms. The lowest BCUT2D eigenvalue weighted by molar-refractivity contribution is 0.410. The number of halogens is 1. The maximum Gasteiger partial charge on any atom is 0.256 e. The van der Waals surface area contributed by atoms with Gasteiger partial charge in [-0.3, -0.25) is 0 Å². The van der Waals surface area contributed by atoms with Crippen LogP contribution in [0.15, 0.2) is 34.9 Å². The number of ether oxygens (including phenoxy) is 2. The van der Waals surface area contributed by atoms with Crippen molar-refractivity contribution in [1.29, 1.82) is 5.26 Å². The van der Waals surface area contributed by atoms with Gasteiger partial charge in [-0.2, -0.15) is 10.4 Å². The standard InChI is InChI=1S/C12H8BrN3O2/c1-17-9-2-3-11(10(13)6-9)18-12-8(7-14)4-5-15-16-12/h2-6H,1H3. The van der Waals surface area contributed by atoms with Crippen LogP contribution in [0.5, 0.6) is 17.4 Å². The van der Waals surface area contributed by atoms with Gasteiger partial charge in [0.1, 0.15) is 23.1 Å². The topological polar surface area (TPSA) is 68.0 Å². The van der Waals surface area contributed by atoms with Crippen LogP contribution in [0.3, 0.4) is 0 Å². The third kappa shape index (κ3) is 2.57. The van der Waals surface area contributed by atoms with Crippen molar-refractivity contribution in [3.8, 4) is 23.4 Å². The van der Waals surface area contributed by atoms with Gasteiger partial charge in [-0.25, -0.2) is 0 Å². The third-order valence-corrected chi connectivity index (χ3v) is 2.77. The highest BCUT2D eigenvalue weighted by Crippen LogP contribution is 2.32. The minimum atomic E-state index is 0.172. The van der Waals surface area contributed by atoms with E-state index in [4.69, 9.17) is 14.7 Å². The summed E-state index contributed by atoms with van der Waals surface area (Å²) in [4.78, 5) is 0. The lowest BCUT2D eigenvalue weighted by atomic mass is 10.3. The molecule has 0 bridgehead atoms. The summed E-state index contributed by atoms with van der Waals surface area (Å²) in [6.07, 6.45) is 1.44. The fourth-order valence-corrected chi connectivity index (χ4v) is 1.71. The predicted molar refractivity (Wildman–Crippen MR) is 67.5 cm³/mol. The summed E-state index contributed by atoms with van der Waals surface area (Å²) in [5.41, 5.74) is 0.327. The molecule has 2 aromatic rings. The van der Waals surface area contributed by atoms with E-state index in [0.717, 1.165) is 0 Å². The van der Waals surface area contributed by atoms with Crippen LogP contribution in [0.2, 0.25) is 0 Å². The van der Waals surface area contributed by atoms with Crippen molar-refractivity contribution in [3.05, 3.63) is 40.5 Å². The molecule has 0 fully saturated rings. The van der Waals surface area contributed by atoms with Crippen molar-refractivity contribution in [2.75, 3.05) is 7.11 Å². The molecule has 0 aliphatic rings. The Morgan fingerprint density at radius 3 is 2.83 bits per heavy atom. The largest absolute Gasteiger partial charge is 0.497 e. The van der Waals surface area contributed by atoms with Gasteiger partial charge < -0.3 is 9.47 Å². The van der Waals surface area contributed by atoms with E-state index < -0.39 is 0 Å². The summed E-state index contributed by atoms with van der Waals surface area (Å²) in [7, 11) is 1.58. The number of rotatable bonds is 3. The van der Waals surface area contributed by atoms with E-state index in [-0.39, 0.29) is 5.88 Å². The van der Waals surface area contributed by atoms with E-state index >= 15 is 0 Å². The Hall–Kier alpha value is -2.13. The fourth-order valence-electron chi connectivity index (χ4n) is 1.27. The lowest BCUT2D eigenvalue weighted by Crippen LogP contribution is -1.94. The van der Waals surface area contributed by atoms with Crippen LogP contribution < -0.4 is 9.47 Å². The molecular weight excluding hydrogens is 298 g/mol. The smallest absolute Gasteiger partial charge is 0.256 e. The van der Waals surface area contributed by atoms with Gasteiger partial charge in [-0.15, -0.1) is 5.10 Å². The van der Waals surface area contributed by atoms with Gasteiger partial charge in [0.15, 0.2) is 0 Å². The average Bonchev–Trinajstić information content (AvgIpc) is 2.41. The Bertz CT molecular complexity index is 611. The molecular formula is C12H8BrN3O2. The van der Waals surface area contributed by atoms with Crippen molar-refractivity contribution in [2.24, 2.45) is 0 Å². The molecule has 0 aliphatic carbocycles. The zero-order chi connectivity index (χ0) is 13.0. The minimum absolute atomic E-state index is 0.172. The summed E-state index contributed by atoms with van der Waals surface area (Å²) in [5.74, 6) is 1.41. The van der Waals surface area contributed by atoms with Crippen molar-refractivity contribution in [2.45, 2.75) is 0 Å². The maximum atomic E-state index is 8.92. The molecule has 0 spiro atoms. The molecule has 1 aromatic heterocycles. The number of methoxy groups -OCH3 is 1. The summed E-state index contributed by atoms with van der Waals surface area (Å²) in [6, 6.07) is 8.77. The van der Waals surface area contributed by atoms with E-state index in [2.05, 4.69) is 26.1 Å². The number of nitrogens with zero attached hydrogens (tertiary/aromatic N) is 3.